The molecular weight excluding hydrogens is 174 g/mol. The molecule has 0 saturated carbocycles. The van der Waals surface area contributed by atoms with Gasteiger partial charge in [-0.1, -0.05) is 13.8 Å². The van der Waals surface area contributed by atoms with E-state index < -0.39 is 0 Å². The number of halogens is 1. The summed E-state index contributed by atoms with van der Waals surface area (Å²) in [6, 6.07) is 0. The fourth-order valence-corrected chi connectivity index (χ4v) is 2.12. The average molecular weight is 190 g/mol. The van der Waals surface area contributed by atoms with Gasteiger partial charge < -0.3 is 4.90 Å². The topological polar surface area (TPSA) is 20.3 Å². The van der Waals surface area contributed by atoms with Gasteiger partial charge in [0.15, 0.2) is 0 Å². The lowest BCUT2D eigenvalue weighted by Gasteiger charge is -2.34. The van der Waals surface area contributed by atoms with Crippen molar-refractivity contribution in [3.05, 3.63) is 0 Å². The molecule has 0 aromatic heterocycles. The Morgan fingerprint density at radius 3 is 2.33 bits per heavy atom. The van der Waals surface area contributed by atoms with Crippen LogP contribution in [0, 0.1) is 11.8 Å². The third-order valence-electron chi connectivity index (χ3n) is 2.34. The summed E-state index contributed by atoms with van der Waals surface area (Å²) in [6.07, 6.45) is 1.23. The Morgan fingerprint density at radius 2 is 1.92 bits per heavy atom. The van der Waals surface area contributed by atoms with Crippen LogP contribution in [0.1, 0.15) is 20.3 Å². The highest BCUT2D eigenvalue weighted by molar-refractivity contribution is 6.27. The normalized spacial score (nSPS) is 30.4. The van der Waals surface area contributed by atoms with Gasteiger partial charge in [-0.15, -0.1) is 11.6 Å². The second-order valence-electron chi connectivity index (χ2n) is 3.88. The molecule has 0 unspecified atom stereocenters. The molecule has 1 amide bonds. The zero-order valence-corrected chi connectivity index (χ0v) is 8.47. The molecule has 12 heavy (non-hydrogen) atoms. The molecule has 0 radical (unpaired) electrons. The van der Waals surface area contributed by atoms with Crippen LogP contribution >= 0.6 is 11.6 Å². The van der Waals surface area contributed by atoms with E-state index in [2.05, 4.69) is 13.8 Å². The third kappa shape index (κ3) is 2.37. The Labute approximate surface area is 78.9 Å². The van der Waals surface area contributed by atoms with E-state index >= 15 is 0 Å². The number of amides is 1. The van der Waals surface area contributed by atoms with Gasteiger partial charge in [-0.05, 0) is 18.3 Å². The molecular formula is C9H16ClNO. The standard InChI is InChI=1S/C9H16ClNO/c1-7-3-8(2)6-11(5-7)9(12)4-10/h7-8H,3-6H2,1-2H3/t7-,8+. The molecule has 1 fully saturated rings. The molecule has 0 N–H and O–H groups in total. The van der Waals surface area contributed by atoms with Crippen LogP contribution in [-0.2, 0) is 4.79 Å². The van der Waals surface area contributed by atoms with E-state index in [-0.39, 0.29) is 11.8 Å². The molecule has 2 nitrogen and oxygen atoms in total. The highest BCUT2D eigenvalue weighted by Crippen LogP contribution is 2.20. The second-order valence-corrected chi connectivity index (χ2v) is 4.15. The summed E-state index contributed by atoms with van der Waals surface area (Å²) >= 11 is 5.49. The first kappa shape index (κ1) is 9.85. The number of rotatable bonds is 1. The van der Waals surface area contributed by atoms with Crippen molar-refractivity contribution in [1.29, 1.82) is 0 Å². The quantitative estimate of drug-likeness (QED) is 0.576. The van der Waals surface area contributed by atoms with Gasteiger partial charge in [0.25, 0.3) is 0 Å². The molecule has 1 heterocycles. The van der Waals surface area contributed by atoms with Gasteiger partial charge in [0.2, 0.25) is 5.91 Å². The van der Waals surface area contributed by atoms with Crippen molar-refractivity contribution in [3.63, 3.8) is 0 Å². The van der Waals surface area contributed by atoms with E-state index in [0.29, 0.717) is 11.8 Å². The van der Waals surface area contributed by atoms with Crippen LogP contribution in [0.2, 0.25) is 0 Å². The zero-order chi connectivity index (χ0) is 9.14. The van der Waals surface area contributed by atoms with E-state index in [1.807, 2.05) is 4.90 Å². The fourth-order valence-electron chi connectivity index (χ4n) is 1.95. The van der Waals surface area contributed by atoms with Crippen LogP contribution in [-0.4, -0.2) is 29.8 Å². The first-order valence-corrected chi connectivity index (χ1v) is 5.00. The number of hydrogen-bond acceptors (Lipinski definition) is 1. The Morgan fingerprint density at radius 1 is 1.42 bits per heavy atom. The van der Waals surface area contributed by atoms with Crippen molar-refractivity contribution in [1.82, 2.24) is 4.90 Å². The molecule has 1 saturated heterocycles. The zero-order valence-electron chi connectivity index (χ0n) is 7.72. The molecule has 1 aliphatic heterocycles. The lowest BCUT2D eigenvalue weighted by atomic mass is 9.92. The van der Waals surface area contributed by atoms with Crippen molar-refractivity contribution in [2.45, 2.75) is 20.3 Å². The maximum absolute atomic E-state index is 11.3. The maximum Gasteiger partial charge on any atom is 0.237 e. The Kier molecular flexibility index (Phi) is 3.39. The van der Waals surface area contributed by atoms with Crippen molar-refractivity contribution in [3.8, 4) is 0 Å². The number of carbonyl (C=O) groups is 1. The summed E-state index contributed by atoms with van der Waals surface area (Å²) in [4.78, 5) is 13.1. The first-order chi connectivity index (χ1) is 5.63. The van der Waals surface area contributed by atoms with Crippen LogP contribution in [0.5, 0.6) is 0 Å². The van der Waals surface area contributed by atoms with Crippen LogP contribution in [0.15, 0.2) is 0 Å². The molecule has 2 atom stereocenters. The van der Waals surface area contributed by atoms with Gasteiger partial charge in [0, 0.05) is 13.1 Å². The van der Waals surface area contributed by atoms with E-state index in [0.717, 1.165) is 13.1 Å². The number of nitrogens with zero attached hydrogens (tertiary/aromatic N) is 1. The predicted molar refractivity (Wildman–Crippen MR) is 50.2 cm³/mol. The van der Waals surface area contributed by atoms with Crippen molar-refractivity contribution >= 4 is 17.5 Å². The highest BCUT2D eigenvalue weighted by atomic mass is 35.5. The van der Waals surface area contributed by atoms with Crippen LogP contribution in [0.25, 0.3) is 0 Å². The average Bonchev–Trinajstić information content (AvgIpc) is 2.01. The van der Waals surface area contributed by atoms with Gasteiger partial charge in [-0.25, -0.2) is 0 Å². The SMILES string of the molecule is C[C@@H]1C[C@H](C)CN(C(=O)CCl)C1. The minimum atomic E-state index is 0.0788. The minimum absolute atomic E-state index is 0.0788. The fraction of sp³-hybridized carbons (Fsp3) is 0.889. The van der Waals surface area contributed by atoms with Gasteiger partial charge in [0.05, 0.1) is 0 Å². The van der Waals surface area contributed by atoms with E-state index in [4.69, 9.17) is 11.6 Å². The Balaban J connectivity index is 2.49. The van der Waals surface area contributed by atoms with Crippen LogP contribution < -0.4 is 0 Å². The smallest absolute Gasteiger partial charge is 0.237 e. The maximum atomic E-state index is 11.3. The summed E-state index contributed by atoms with van der Waals surface area (Å²) in [5.41, 5.74) is 0. The molecule has 1 rings (SSSR count). The summed E-state index contributed by atoms with van der Waals surface area (Å²) in [5.74, 6) is 1.45. The monoisotopic (exact) mass is 189 g/mol. The number of alkyl halides is 1. The molecule has 0 aliphatic carbocycles. The molecule has 1 aliphatic rings. The number of hydrogen-bond donors (Lipinski definition) is 0. The van der Waals surface area contributed by atoms with E-state index in [1.165, 1.54) is 6.42 Å². The van der Waals surface area contributed by atoms with E-state index in [9.17, 15) is 4.79 Å². The molecule has 3 heteroatoms. The minimum Gasteiger partial charge on any atom is -0.341 e. The number of likely N-dealkylation sites (tertiary alicyclic amines) is 1. The molecule has 0 aromatic carbocycles. The Bertz CT molecular complexity index is 162. The number of carbonyl (C=O) groups excluding carboxylic acids is 1. The van der Waals surface area contributed by atoms with Crippen molar-refractivity contribution in [2.75, 3.05) is 19.0 Å². The van der Waals surface area contributed by atoms with Crippen molar-refractivity contribution in [2.24, 2.45) is 11.8 Å². The first-order valence-electron chi connectivity index (χ1n) is 4.47. The van der Waals surface area contributed by atoms with Gasteiger partial charge in [-0.3, -0.25) is 4.79 Å². The number of piperidine rings is 1. The summed E-state index contributed by atoms with van der Waals surface area (Å²) in [6.45, 7) is 6.14. The molecule has 0 spiro atoms. The van der Waals surface area contributed by atoms with Crippen LogP contribution in [0.4, 0.5) is 0 Å². The van der Waals surface area contributed by atoms with Crippen molar-refractivity contribution < 1.29 is 4.79 Å². The third-order valence-corrected chi connectivity index (χ3v) is 2.56. The largest absolute Gasteiger partial charge is 0.341 e. The summed E-state index contributed by atoms with van der Waals surface area (Å²) in [5, 5.41) is 0. The van der Waals surface area contributed by atoms with Crippen LogP contribution in [0.3, 0.4) is 0 Å². The predicted octanol–water partition coefficient (Wildman–Crippen LogP) is 1.73. The summed E-state index contributed by atoms with van der Waals surface area (Å²) < 4.78 is 0. The lowest BCUT2D eigenvalue weighted by Crippen LogP contribution is -2.43. The van der Waals surface area contributed by atoms with Gasteiger partial charge in [0.1, 0.15) is 5.88 Å². The Hall–Kier alpha value is -0.240. The van der Waals surface area contributed by atoms with E-state index in [1.54, 1.807) is 0 Å². The highest BCUT2D eigenvalue weighted by Gasteiger charge is 2.24. The molecule has 0 bridgehead atoms. The molecule has 0 aromatic rings. The lowest BCUT2D eigenvalue weighted by molar-refractivity contribution is -0.131. The second kappa shape index (κ2) is 4.13. The summed E-state index contributed by atoms with van der Waals surface area (Å²) in [7, 11) is 0. The molecule has 70 valence electrons. The van der Waals surface area contributed by atoms with Gasteiger partial charge >= 0.3 is 0 Å². The van der Waals surface area contributed by atoms with Gasteiger partial charge in [-0.2, -0.15) is 0 Å².